The fourth-order valence-electron chi connectivity index (χ4n) is 4.54. The summed E-state index contributed by atoms with van der Waals surface area (Å²) in [6.07, 6.45) is 5.87. The second-order valence-corrected chi connectivity index (χ2v) is 7.81. The summed E-state index contributed by atoms with van der Waals surface area (Å²) in [6.45, 7) is 2.79. The smallest absolute Gasteiger partial charge is 0.376 e. The van der Waals surface area contributed by atoms with Crippen molar-refractivity contribution in [2.45, 2.75) is 51.6 Å². The van der Waals surface area contributed by atoms with Crippen molar-refractivity contribution in [1.29, 1.82) is 0 Å². The third kappa shape index (κ3) is 4.38. The average Bonchev–Trinajstić information content (AvgIpc) is 3.15. The first-order chi connectivity index (χ1) is 14.3. The van der Waals surface area contributed by atoms with Crippen molar-refractivity contribution in [1.82, 2.24) is 5.06 Å². The lowest BCUT2D eigenvalue weighted by Crippen LogP contribution is -2.26. The van der Waals surface area contributed by atoms with Gasteiger partial charge in [-0.1, -0.05) is 79.9 Å². The van der Waals surface area contributed by atoms with Gasteiger partial charge in [-0.25, -0.2) is 4.79 Å². The van der Waals surface area contributed by atoms with Crippen LogP contribution in [0.4, 0.5) is 0 Å². The van der Waals surface area contributed by atoms with Crippen molar-refractivity contribution in [3.8, 4) is 0 Å². The van der Waals surface area contributed by atoms with E-state index in [1.165, 1.54) is 19.3 Å². The van der Waals surface area contributed by atoms with Crippen LogP contribution in [0.1, 0.15) is 56.2 Å². The van der Waals surface area contributed by atoms with E-state index in [0.717, 1.165) is 29.5 Å². The highest BCUT2D eigenvalue weighted by atomic mass is 16.7. The Balaban J connectivity index is 1.75. The Morgan fingerprint density at radius 2 is 1.66 bits per heavy atom. The summed E-state index contributed by atoms with van der Waals surface area (Å²) in [5.41, 5.74) is 3.41. The second kappa shape index (κ2) is 9.27. The van der Waals surface area contributed by atoms with Gasteiger partial charge < -0.3 is 9.57 Å². The van der Waals surface area contributed by atoms with Crippen LogP contribution in [0.25, 0.3) is 0 Å². The minimum absolute atomic E-state index is 0.0705. The number of nitrogens with zero attached hydrogens (tertiary/aromatic N) is 1. The van der Waals surface area contributed by atoms with Gasteiger partial charge in [0.05, 0.1) is 19.2 Å². The van der Waals surface area contributed by atoms with E-state index in [4.69, 9.17) is 9.57 Å². The van der Waals surface area contributed by atoms with Gasteiger partial charge in [0.1, 0.15) is 0 Å². The van der Waals surface area contributed by atoms with Crippen LogP contribution >= 0.6 is 0 Å². The number of carbonyl (C=O) groups excluding carboxylic acids is 1. The van der Waals surface area contributed by atoms with E-state index in [0.29, 0.717) is 24.8 Å². The largest absolute Gasteiger partial charge is 0.460 e. The molecule has 0 bridgehead atoms. The molecule has 0 amide bonds. The first-order valence-electron chi connectivity index (χ1n) is 10.7. The van der Waals surface area contributed by atoms with Crippen LogP contribution in [0.5, 0.6) is 0 Å². The zero-order valence-electron chi connectivity index (χ0n) is 17.0. The number of hydrogen-bond acceptors (Lipinski definition) is 4. The van der Waals surface area contributed by atoms with Gasteiger partial charge >= 0.3 is 5.97 Å². The van der Waals surface area contributed by atoms with Gasteiger partial charge in [0, 0.05) is 5.57 Å². The van der Waals surface area contributed by atoms with Crippen LogP contribution < -0.4 is 0 Å². The Morgan fingerprint density at radius 1 is 1.00 bits per heavy atom. The van der Waals surface area contributed by atoms with E-state index in [2.05, 4.69) is 36.4 Å². The number of hydroxylamine groups is 2. The zero-order chi connectivity index (χ0) is 20.1. The van der Waals surface area contributed by atoms with Crippen LogP contribution in [0.3, 0.4) is 0 Å². The van der Waals surface area contributed by atoms with Crippen LogP contribution in [-0.4, -0.2) is 17.6 Å². The first-order valence-corrected chi connectivity index (χ1v) is 10.7. The number of carbonyl (C=O) groups is 1. The van der Waals surface area contributed by atoms with E-state index >= 15 is 0 Å². The quantitative estimate of drug-likeness (QED) is 0.603. The fourth-order valence-corrected chi connectivity index (χ4v) is 4.54. The highest BCUT2D eigenvalue weighted by Gasteiger charge is 2.43. The average molecular weight is 392 g/mol. The van der Waals surface area contributed by atoms with Crippen LogP contribution in [0.15, 0.2) is 72.0 Å². The van der Waals surface area contributed by atoms with Crippen molar-refractivity contribution in [3.05, 3.63) is 83.1 Å². The topological polar surface area (TPSA) is 38.8 Å². The summed E-state index contributed by atoms with van der Waals surface area (Å²) in [5.74, 6) is 0.419. The molecule has 1 fully saturated rings. The van der Waals surface area contributed by atoms with Crippen molar-refractivity contribution in [2.24, 2.45) is 5.92 Å². The van der Waals surface area contributed by atoms with Gasteiger partial charge in [-0.05, 0) is 36.8 Å². The van der Waals surface area contributed by atoms with Crippen LogP contribution in [0.2, 0.25) is 0 Å². The Morgan fingerprint density at radius 3 is 2.31 bits per heavy atom. The molecule has 1 saturated carbocycles. The molecule has 1 heterocycles. The maximum atomic E-state index is 12.8. The number of hydrogen-bond donors (Lipinski definition) is 0. The molecule has 0 aromatic heterocycles. The molecule has 152 valence electrons. The van der Waals surface area contributed by atoms with E-state index in [1.807, 2.05) is 36.3 Å². The normalized spacial score (nSPS) is 20.5. The summed E-state index contributed by atoms with van der Waals surface area (Å²) >= 11 is 0. The molecule has 1 aliphatic heterocycles. The summed E-state index contributed by atoms with van der Waals surface area (Å²) in [4.78, 5) is 19.1. The molecule has 0 radical (unpaired) electrons. The minimum atomic E-state index is -0.343. The van der Waals surface area contributed by atoms with Crippen molar-refractivity contribution in [2.75, 3.05) is 6.61 Å². The molecule has 1 atom stereocenters. The minimum Gasteiger partial charge on any atom is -0.460 e. The standard InChI is InChI=1S/C25H29NO3/c1-2-28-25(27)24-22(20-14-8-4-9-15-20)23(21-16-10-5-11-17-21)26(29-24)18-19-12-6-3-7-13-19/h3,5-7,10-13,16-17,20,23H,2,4,8-9,14-15,18H2,1H3. The van der Waals surface area contributed by atoms with E-state index < -0.39 is 0 Å². The summed E-state index contributed by atoms with van der Waals surface area (Å²) in [7, 11) is 0. The van der Waals surface area contributed by atoms with Crippen LogP contribution in [-0.2, 0) is 20.9 Å². The van der Waals surface area contributed by atoms with Crippen molar-refractivity contribution >= 4 is 5.97 Å². The predicted molar refractivity (Wildman–Crippen MR) is 112 cm³/mol. The van der Waals surface area contributed by atoms with Gasteiger partial charge in [-0.3, -0.25) is 0 Å². The molecular weight excluding hydrogens is 362 g/mol. The molecule has 2 aromatic carbocycles. The fraction of sp³-hybridized carbons (Fsp3) is 0.400. The molecule has 2 aliphatic rings. The van der Waals surface area contributed by atoms with E-state index in [1.54, 1.807) is 0 Å². The molecule has 29 heavy (non-hydrogen) atoms. The first kappa shape index (κ1) is 19.7. The van der Waals surface area contributed by atoms with Gasteiger partial charge in [0.15, 0.2) is 0 Å². The molecule has 2 aromatic rings. The Labute approximate surface area is 173 Å². The Kier molecular flexibility index (Phi) is 6.30. The zero-order valence-corrected chi connectivity index (χ0v) is 17.0. The maximum Gasteiger partial charge on any atom is 0.376 e. The SMILES string of the molecule is CCOC(=O)C1=C(C2CCCCC2)C(c2ccccc2)N(Cc2ccccc2)O1. The van der Waals surface area contributed by atoms with E-state index in [9.17, 15) is 4.79 Å². The number of rotatable bonds is 6. The van der Waals surface area contributed by atoms with Crippen molar-refractivity contribution in [3.63, 3.8) is 0 Å². The molecule has 1 unspecified atom stereocenters. The monoisotopic (exact) mass is 391 g/mol. The highest BCUT2D eigenvalue weighted by Crippen LogP contribution is 2.47. The van der Waals surface area contributed by atoms with Gasteiger partial charge in [0.25, 0.3) is 0 Å². The van der Waals surface area contributed by atoms with Crippen LogP contribution in [0, 0.1) is 5.92 Å². The molecular formula is C25H29NO3. The summed E-state index contributed by atoms with van der Waals surface area (Å²) in [5, 5.41) is 1.96. The Hall–Kier alpha value is -2.59. The molecule has 0 spiro atoms. The van der Waals surface area contributed by atoms with Gasteiger partial charge in [-0.2, -0.15) is 0 Å². The van der Waals surface area contributed by atoms with Gasteiger partial charge in [-0.15, -0.1) is 5.06 Å². The lowest BCUT2D eigenvalue weighted by atomic mass is 9.78. The number of benzene rings is 2. The number of esters is 1. The number of ether oxygens (including phenoxy) is 1. The summed E-state index contributed by atoms with van der Waals surface area (Å²) in [6, 6.07) is 20.6. The van der Waals surface area contributed by atoms with Gasteiger partial charge in [0.2, 0.25) is 5.76 Å². The Bertz CT molecular complexity index is 841. The molecule has 4 nitrogen and oxygen atoms in total. The predicted octanol–water partition coefficient (Wildman–Crippen LogP) is 5.57. The molecule has 0 saturated heterocycles. The molecule has 0 N–H and O–H groups in total. The maximum absolute atomic E-state index is 12.8. The summed E-state index contributed by atoms with van der Waals surface area (Å²) < 4.78 is 5.38. The lowest BCUT2D eigenvalue weighted by molar-refractivity contribution is -0.162. The second-order valence-electron chi connectivity index (χ2n) is 7.81. The molecule has 4 heteroatoms. The highest BCUT2D eigenvalue weighted by molar-refractivity contribution is 5.88. The van der Waals surface area contributed by atoms with E-state index in [-0.39, 0.29) is 12.0 Å². The third-order valence-electron chi connectivity index (χ3n) is 5.86. The lowest BCUT2D eigenvalue weighted by Gasteiger charge is -2.29. The third-order valence-corrected chi connectivity index (χ3v) is 5.86. The van der Waals surface area contributed by atoms with Crippen molar-refractivity contribution < 1.29 is 14.4 Å². The molecule has 1 aliphatic carbocycles. The molecule has 4 rings (SSSR count).